The number of hydrogen-bond acceptors (Lipinski definition) is 2. The number of rotatable bonds is 5. The molecule has 0 saturated heterocycles. The van der Waals surface area contributed by atoms with E-state index in [0.717, 1.165) is 13.1 Å². The van der Waals surface area contributed by atoms with Crippen LogP contribution in [0.2, 0.25) is 0 Å². The second-order valence-corrected chi connectivity index (χ2v) is 7.18. The lowest BCUT2D eigenvalue weighted by molar-refractivity contribution is 0.702. The maximum absolute atomic E-state index is 4.49. The molecule has 2 nitrogen and oxygen atoms in total. The highest BCUT2D eigenvalue weighted by Gasteiger charge is 2.24. The fourth-order valence-electron chi connectivity index (χ4n) is 4.36. The minimum absolute atomic E-state index is 0.611. The van der Waals surface area contributed by atoms with Gasteiger partial charge in [-0.05, 0) is 78.3 Å². The molecule has 1 N–H and O–H groups in total. The third-order valence-corrected chi connectivity index (χ3v) is 5.47. The van der Waals surface area contributed by atoms with Gasteiger partial charge in [-0.3, -0.25) is 4.98 Å². The van der Waals surface area contributed by atoms with Gasteiger partial charge in [0.05, 0.1) is 0 Å². The van der Waals surface area contributed by atoms with Gasteiger partial charge in [0.25, 0.3) is 0 Å². The van der Waals surface area contributed by atoms with Crippen molar-refractivity contribution in [1.82, 2.24) is 10.3 Å². The van der Waals surface area contributed by atoms with E-state index in [9.17, 15) is 0 Å². The normalized spacial score (nSPS) is 20.0. The Morgan fingerprint density at radius 3 is 3.00 bits per heavy atom. The monoisotopic (exact) mass is 306 g/mol. The molecule has 1 atom stereocenters. The van der Waals surface area contributed by atoms with Crippen molar-refractivity contribution in [2.75, 3.05) is 13.1 Å². The molecule has 0 fully saturated rings. The largest absolute Gasteiger partial charge is 0.313 e. The maximum atomic E-state index is 4.49. The summed E-state index contributed by atoms with van der Waals surface area (Å²) in [6.45, 7) is 6.73. The van der Waals surface area contributed by atoms with Gasteiger partial charge in [-0.2, -0.15) is 0 Å². The second kappa shape index (κ2) is 6.09. The van der Waals surface area contributed by atoms with Crippen LogP contribution in [0.1, 0.15) is 62.1 Å². The van der Waals surface area contributed by atoms with Crippen molar-refractivity contribution < 1.29 is 0 Å². The molecule has 120 valence electrons. The molecule has 2 heteroatoms. The van der Waals surface area contributed by atoms with E-state index in [2.05, 4.69) is 42.5 Å². The number of hydrogen-bond donors (Lipinski definition) is 1. The molecular weight excluding hydrogens is 280 g/mol. The van der Waals surface area contributed by atoms with Crippen molar-refractivity contribution >= 4 is 16.3 Å². The molecular formula is C21H26N2. The molecule has 0 radical (unpaired) electrons. The third kappa shape index (κ3) is 2.59. The number of nitrogens with zero attached hydrogens (tertiary/aromatic N) is 1. The number of pyridine rings is 1. The van der Waals surface area contributed by atoms with E-state index < -0.39 is 0 Å². The fraction of sp³-hybridized carbons (Fsp3) is 0.476. The Bertz CT molecular complexity index is 773. The fourth-order valence-corrected chi connectivity index (χ4v) is 4.36. The van der Waals surface area contributed by atoms with Crippen molar-refractivity contribution in [2.45, 2.75) is 51.9 Å². The minimum Gasteiger partial charge on any atom is -0.313 e. The van der Waals surface area contributed by atoms with E-state index in [1.165, 1.54) is 59.6 Å². The van der Waals surface area contributed by atoms with E-state index in [4.69, 9.17) is 0 Å². The summed E-state index contributed by atoms with van der Waals surface area (Å²) in [4.78, 5) is 4.49. The van der Waals surface area contributed by atoms with Gasteiger partial charge in [0, 0.05) is 24.3 Å². The first kappa shape index (κ1) is 14.9. The average molecular weight is 306 g/mol. The quantitative estimate of drug-likeness (QED) is 0.800. The van der Waals surface area contributed by atoms with Crippen LogP contribution >= 0.6 is 0 Å². The molecule has 1 unspecified atom stereocenters. The van der Waals surface area contributed by atoms with Crippen LogP contribution in [0.4, 0.5) is 0 Å². The summed E-state index contributed by atoms with van der Waals surface area (Å²) in [5.74, 6) is 0.611. The SMILES string of the molecule is CCCNCC1=C(c2cc3c4c(cncc4c2)C(C)C3)CCC1. The van der Waals surface area contributed by atoms with Crippen molar-refractivity contribution in [3.8, 4) is 0 Å². The zero-order chi connectivity index (χ0) is 15.8. The molecule has 0 spiro atoms. The summed E-state index contributed by atoms with van der Waals surface area (Å²) in [5.41, 5.74) is 7.64. The summed E-state index contributed by atoms with van der Waals surface area (Å²) in [6, 6.07) is 4.85. The third-order valence-electron chi connectivity index (χ3n) is 5.47. The van der Waals surface area contributed by atoms with Gasteiger partial charge in [0.15, 0.2) is 0 Å². The Balaban J connectivity index is 1.75. The van der Waals surface area contributed by atoms with Gasteiger partial charge in [-0.25, -0.2) is 0 Å². The number of nitrogens with one attached hydrogen (secondary N) is 1. The summed E-state index contributed by atoms with van der Waals surface area (Å²) in [5, 5.41) is 6.40. The first-order valence-electron chi connectivity index (χ1n) is 9.10. The van der Waals surface area contributed by atoms with Gasteiger partial charge in [-0.1, -0.05) is 25.5 Å². The Morgan fingerprint density at radius 2 is 2.13 bits per heavy atom. The number of benzene rings is 1. The van der Waals surface area contributed by atoms with Crippen LogP contribution in [0.5, 0.6) is 0 Å². The lowest BCUT2D eigenvalue weighted by Gasteiger charge is -2.11. The zero-order valence-electron chi connectivity index (χ0n) is 14.3. The van der Waals surface area contributed by atoms with E-state index in [1.54, 1.807) is 11.1 Å². The molecule has 1 aromatic carbocycles. The van der Waals surface area contributed by atoms with E-state index >= 15 is 0 Å². The molecule has 23 heavy (non-hydrogen) atoms. The van der Waals surface area contributed by atoms with Crippen molar-refractivity contribution in [1.29, 1.82) is 0 Å². The smallest absolute Gasteiger partial charge is 0.0346 e. The standard InChI is InChI=1S/C21H26N2/c1-3-7-22-11-15-5-4-6-19(15)16-9-17-8-14(2)20-13-23-12-18(10-16)21(17)20/h9-10,12-14,22H,3-8,11H2,1-2H3. The predicted octanol–water partition coefficient (Wildman–Crippen LogP) is 4.83. The highest BCUT2D eigenvalue weighted by Crippen LogP contribution is 2.41. The van der Waals surface area contributed by atoms with Crippen LogP contribution in [0.15, 0.2) is 30.1 Å². The van der Waals surface area contributed by atoms with Gasteiger partial charge < -0.3 is 5.32 Å². The van der Waals surface area contributed by atoms with Crippen LogP contribution < -0.4 is 5.32 Å². The van der Waals surface area contributed by atoms with Crippen LogP contribution in [-0.4, -0.2) is 18.1 Å². The van der Waals surface area contributed by atoms with Gasteiger partial charge in [0.2, 0.25) is 0 Å². The Labute approximate surface area is 139 Å². The Morgan fingerprint density at radius 1 is 1.22 bits per heavy atom. The highest BCUT2D eigenvalue weighted by atomic mass is 14.8. The molecule has 4 rings (SSSR count). The molecule has 1 aromatic heterocycles. The second-order valence-electron chi connectivity index (χ2n) is 7.18. The molecule has 0 amide bonds. The predicted molar refractivity (Wildman–Crippen MR) is 97.8 cm³/mol. The molecule has 1 heterocycles. The number of allylic oxidation sites excluding steroid dienone is 1. The number of aromatic nitrogens is 1. The summed E-state index contributed by atoms with van der Waals surface area (Å²) in [6.07, 6.45) is 10.3. The lowest BCUT2D eigenvalue weighted by Crippen LogP contribution is -2.17. The van der Waals surface area contributed by atoms with Crippen LogP contribution in [0.3, 0.4) is 0 Å². The van der Waals surface area contributed by atoms with Crippen molar-refractivity contribution in [3.63, 3.8) is 0 Å². The van der Waals surface area contributed by atoms with Crippen molar-refractivity contribution in [3.05, 3.63) is 46.8 Å². The van der Waals surface area contributed by atoms with Crippen molar-refractivity contribution in [2.24, 2.45) is 0 Å². The first-order valence-corrected chi connectivity index (χ1v) is 9.10. The van der Waals surface area contributed by atoms with Crippen LogP contribution in [0.25, 0.3) is 16.3 Å². The van der Waals surface area contributed by atoms with Crippen LogP contribution in [0, 0.1) is 0 Å². The molecule has 0 saturated carbocycles. The van der Waals surface area contributed by atoms with Gasteiger partial charge in [-0.15, -0.1) is 0 Å². The first-order chi connectivity index (χ1) is 11.3. The molecule has 0 bridgehead atoms. The van der Waals surface area contributed by atoms with E-state index in [1.807, 2.05) is 6.20 Å². The minimum atomic E-state index is 0.611. The highest BCUT2D eigenvalue weighted by molar-refractivity contribution is 5.93. The average Bonchev–Trinajstić information content (AvgIpc) is 3.14. The molecule has 0 aliphatic heterocycles. The topological polar surface area (TPSA) is 24.9 Å². The maximum Gasteiger partial charge on any atom is 0.0346 e. The summed E-state index contributed by atoms with van der Waals surface area (Å²) < 4.78 is 0. The Hall–Kier alpha value is -1.67. The van der Waals surface area contributed by atoms with Gasteiger partial charge >= 0.3 is 0 Å². The zero-order valence-corrected chi connectivity index (χ0v) is 14.3. The molecule has 2 aliphatic carbocycles. The van der Waals surface area contributed by atoms with E-state index in [0.29, 0.717) is 5.92 Å². The summed E-state index contributed by atoms with van der Waals surface area (Å²) in [7, 11) is 0. The molecule has 2 aromatic rings. The summed E-state index contributed by atoms with van der Waals surface area (Å²) >= 11 is 0. The Kier molecular flexibility index (Phi) is 3.94. The van der Waals surface area contributed by atoms with E-state index in [-0.39, 0.29) is 0 Å². The van der Waals surface area contributed by atoms with Crippen LogP contribution in [-0.2, 0) is 6.42 Å². The molecule has 2 aliphatic rings. The van der Waals surface area contributed by atoms with Gasteiger partial charge in [0.1, 0.15) is 0 Å². The lowest BCUT2D eigenvalue weighted by atomic mass is 9.96.